The molecule has 9 nitrogen and oxygen atoms in total. The zero-order valence-electron chi connectivity index (χ0n) is 20.4. The molecule has 1 amide bonds. The van der Waals surface area contributed by atoms with Crippen molar-refractivity contribution in [3.05, 3.63) is 58.2 Å². The highest BCUT2D eigenvalue weighted by Gasteiger charge is 2.25. The quantitative estimate of drug-likeness (QED) is 0.227. The lowest BCUT2D eigenvalue weighted by molar-refractivity contribution is 0.0892. The summed E-state index contributed by atoms with van der Waals surface area (Å²) in [6, 6.07) is 12.7. The van der Waals surface area contributed by atoms with Crippen molar-refractivity contribution in [1.82, 2.24) is 19.9 Å². The van der Waals surface area contributed by atoms with Gasteiger partial charge in [-0.05, 0) is 63.1 Å². The molecule has 4 aromatic rings. The Labute approximate surface area is 222 Å². The number of thiophene rings is 1. The Bertz CT molecular complexity index is 1430. The van der Waals surface area contributed by atoms with Crippen molar-refractivity contribution in [2.24, 2.45) is 0 Å². The van der Waals surface area contributed by atoms with Crippen LogP contribution in [0.1, 0.15) is 42.9 Å². The standard InChI is InChI=1S/C26H27ClN4O5S/c1-15(2)30-9-7-17(8-10-30)28-25(32)21-12-16-11-19(35-26(33)34)3-4-20(16)31(21)14-18-13-22(36-29-18)23-5-6-24(27)37-23/h3-6,11-13,15,17H,7-10,14H2,1-2H3,(H,28,32)(H,33,34). The van der Waals surface area contributed by atoms with Crippen LogP contribution in [0.4, 0.5) is 4.79 Å². The van der Waals surface area contributed by atoms with Crippen molar-refractivity contribution in [3.63, 3.8) is 0 Å². The van der Waals surface area contributed by atoms with E-state index >= 15 is 0 Å². The van der Waals surface area contributed by atoms with Gasteiger partial charge in [-0.25, -0.2) is 4.79 Å². The third-order valence-electron chi connectivity index (χ3n) is 6.60. The molecule has 2 N–H and O–H groups in total. The highest BCUT2D eigenvalue weighted by atomic mass is 35.5. The Hall–Kier alpha value is -3.34. The lowest BCUT2D eigenvalue weighted by atomic mass is 10.0. The number of fused-ring (bicyclic) bond motifs is 1. The van der Waals surface area contributed by atoms with Crippen molar-refractivity contribution < 1.29 is 24.0 Å². The fourth-order valence-corrected chi connectivity index (χ4v) is 5.69. The number of benzene rings is 1. The fraction of sp³-hybridized carbons (Fsp3) is 0.346. The van der Waals surface area contributed by atoms with Gasteiger partial charge in [0.25, 0.3) is 5.91 Å². The lowest BCUT2D eigenvalue weighted by Crippen LogP contribution is -2.46. The van der Waals surface area contributed by atoms with Gasteiger partial charge in [0.15, 0.2) is 5.76 Å². The summed E-state index contributed by atoms with van der Waals surface area (Å²) >= 11 is 7.45. The van der Waals surface area contributed by atoms with Gasteiger partial charge in [0.05, 0.1) is 15.8 Å². The van der Waals surface area contributed by atoms with Crippen LogP contribution in [0, 0.1) is 0 Å². The van der Waals surface area contributed by atoms with Gasteiger partial charge in [-0.1, -0.05) is 16.8 Å². The second kappa shape index (κ2) is 10.6. The minimum absolute atomic E-state index is 0.0853. The molecule has 0 spiro atoms. The molecule has 0 aliphatic carbocycles. The number of carboxylic acid groups (broad SMARTS) is 1. The second-order valence-corrected chi connectivity index (χ2v) is 11.1. The predicted molar refractivity (Wildman–Crippen MR) is 142 cm³/mol. The van der Waals surface area contributed by atoms with Crippen molar-refractivity contribution in [1.29, 1.82) is 0 Å². The summed E-state index contributed by atoms with van der Waals surface area (Å²) in [6.07, 6.45) is 0.376. The third kappa shape index (κ3) is 5.66. The number of rotatable bonds is 7. The summed E-state index contributed by atoms with van der Waals surface area (Å²) in [5, 5.41) is 17.1. The minimum atomic E-state index is -1.40. The molecule has 37 heavy (non-hydrogen) atoms. The third-order valence-corrected chi connectivity index (χ3v) is 7.85. The molecule has 0 bridgehead atoms. The van der Waals surface area contributed by atoms with Crippen molar-refractivity contribution in [2.45, 2.75) is 45.3 Å². The van der Waals surface area contributed by atoms with Gasteiger partial charge >= 0.3 is 6.16 Å². The van der Waals surface area contributed by atoms with Gasteiger partial charge in [-0.3, -0.25) is 4.79 Å². The molecular weight excluding hydrogens is 516 g/mol. The largest absolute Gasteiger partial charge is 0.511 e. The van der Waals surface area contributed by atoms with E-state index in [0.717, 1.165) is 36.3 Å². The van der Waals surface area contributed by atoms with Crippen LogP contribution in [0.3, 0.4) is 0 Å². The topological polar surface area (TPSA) is 110 Å². The van der Waals surface area contributed by atoms with Gasteiger partial charge < -0.3 is 29.2 Å². The van der Waals surface area contributed by atoms with Crippen LogP contribution in [0.5, 0.6) is 5.75 Å². The van der Waals surface area contributed by atoms with Crippen LogP contribution < -0.4 is 10.1 Å². The summed E-state index contributed by atoms with van der Waals surface area (Å²) in [6.45, 7) is 6.54. The van der Waals surface area contributed by atoms with E-state index in [1.165, 1.54) is 11.3 Å². The van der Waals surface area contributed by atoms with E-state index in [9.17, 15) is 9.59 Å². The number of aromatic nitrogens is 2. The minimum Gasteiger partial charge on any atom is -0.449 e. The van der Waals surface area contributed by atoms with Crippen LogP contribution in [0.15, 0.2) is 47.0 Å². The number of amides is 1. The number of ether oxygens (including phenoxy) is 1. The van der Waals surface area contributed by atoms with Crippen LogP contribution in [0.25, 0.3) is 21.5 Å². The molecule has 0 unspecified atom stereocenters. The number of nitrogens with one attached hydrogen (secondary N) is 1. The van der Waals surface area contributed by atoms with Gasteiger partial charge in [-0.2, -0.15) is 0 Å². The molecular formula is C26H27ClN4O5S. The number of likely N-dealkylation sites (tertiary alicyclic amines) is 1. The highest BCUT2D eigenvalue weighted by molar-refractivity contribution is 7.19. The maximum absolute atomic E-state index is 13.5. The Balaban J connectivity index is 1.43. The van der Waals surface area contributed by atoms with Gasteiger partial charge in [0, 0.05) is 42.1 Å². The van der Waals surface area contributed by atoms with E-state index in [2.05, 4.69) is 29.2 Å². The number of hydrogen-bond acceptors (Lipinski definition) is 7. The monoisotopic (exact) mass is 542 g/mol. The Morgan fingerprint density at radius 3 is 2.68 bits per heavy atom. The number of carbonyl (C=O) groups is 2. The molecule has 1 saturated heterocycles. The number of nitrogens with zero attached hydrogens (tertiary/aromatic N) is 3. The molecule has 0 saturated carbocycles. The average molecular weight is 543 g/mol. The van der Waals surface area contributed by atoms with Crippen LogP contribution in [-0.4, -0.2) is 57.0 Å². The lowest BCUT2D eigenvalue weighted by Gasteiger charge is -2.34. The summed E-state index contributed by atoms with van der Waals surface area (Å²) < 4.78 is 12.9. The Kier molecular flexibility index (Phi) is 7.23. The summed E-state index contributed by atoms with van der Waals surface area (Å²) in [7, 11) is 0. The zero-order valence-corrected chi connectivity index (χ0v) is 22.0. The summed E-state index contributed by atoms with van der Waals surface area (Å²) in [4.78, 5) is 27.8. The van der Waals surface area contributed by atoms with E-state index in [4.69, 9.17) is 26.0 Å². The number of halogens is 1. The van der Waals surface area contributed by atoms with Crippen molar-refractivity contribution in [3.8, 4) is 16.4 Å². The first-order valence-corrected chi connectivity index (χ1v) is 13.3. The maximum Gasteiger partial charge on any atom is 0.511 e. The molecule has 1 aliphatic rings. The zero-order chi connectivity index (χ0) is 26.1. The average Bonchev–Trinajstić information content (AvgIpc) is 3.58. The summed E-state index contributed by atoms with van der Waals surface area (Å²) in [5.41, 5.74) is 1.85. The van der Waals surface area contributed by atoms with Gasteiger partial charge in [-0.15, -0.1) is 11.3 Å². The molecule has 4 heterocycles. The van der Waals surface area contributed by atoms with Gasteiger partial charge in [0.1, 0.15) is 17.1 Å². The molecule has 0 atom stereocenters. The van der Waals surface area contributed by atoms with Crippen LogP contribution >= 0.6 is 22.9 Å². The van der Waals surface area contributed by atoms with E-state index in [0.29, 0.717) is 39.5 Å². The molecule has 3 aromatic heterocycles. The number of carbonyl (C=O) groups excluding carboxylic acids is 1. The molecule has 1 fully saturated rings. The van der Waals surface area contributed by atoms with Crippen molar-refractivity contribution >= 4 is 45.9 Å². The highest BCUT2D eigenvalue weighted by Crippen LogP contribution is 2.32. The molecule has 1 aromatic carbocycles. The summed E-state index contributed by atoms with van der Waals surface area (Å²) in [5.74, 6) is 0.598. The smallest absolute Gasteiger partial charge is 0.449 e. The Morgan fingerprint density at radius 1 is 1.22 bits per heavy atom. The van der Waals surface area contributed by atoms with E-state index in [-0.39, 0.29) is 17.7 Å². The van der Waals surface area contributed by atoms with Crippen LogP contribution in [-0.2, 0) is 6.54 Å². The number of piperidine rings is 1. The molecule has 0 radical (unpaired) electrons. The van der Waals surface area contributed by atoms with Crippen LogP contribution in [0.2, 0.25) is 4.34 Å². The van der Waals surface area contributed by atoms with E-state index in [1.807, 2.05) is 16.7 Å². The SMILES string of the molecule is CC(C)N1CCC(NC(=O)c2cc3cc(OC(=O)O)ccc3n2Cc2cc(-c3ccc(Cl)s3)on2)CC1. The molecule has 194 valence electrons. The first kappa shape index (κ1) is 25.3. The molecule has 11 heteroatoms. The maximum atomic E-state index is 13.5. The molecule has 5 rings (SSSR count). The first-order valence-electron chi connectivity index (χ1n) is 12.1. The Morgan fingerprint density at radius 2 is 2.00 bits per heavy atom. The second-order valence-electron chi connectivity index (χ2n) is 9.37. The van der Waals surface area contributed by atoms with E-state index in [1.54, 1.807) is 30.3 Å². The fourth-order valence-electron chi connectivity index (χ4n) is 4.70. The predicted octanol–water partition coefficient (Wildman–Crippen LogP) is 5.72. The number of hydrogen-bond donors (Lipinski definition) is 2. The van der Waals surface area contributed by atoms with Crippen molar-refractivity contribution in [2.75, 3.05) is 13.1 Å². The molecule has 1 aliphatic heterocycles. The first-order chi connectivity index (χ1) is 17.8. The van der Waals surface area contributed by atoms with Gasteiger partial charge in [0.2, 0.25) is 0 Å². The normalized spacial score (nSPS) is 14.9. The van der Waals surface area contributed by atoms with E-state index < -0.39 is 6.16 Å².